The molecule has 2 heterocycles. The monoisotopic (exact) mass is 449 g/mol. The van der Waals surface area contributed by atoms with E-state index in [0.29, 0.717) is 60.8 Å². The molecular formula is C26H27NO6. The van der Waals surface area contributed by atoms with Gasteiger partial charge in [-0.25, -0.2) is 0 Å². The van der Waals surface area contributed by atoms with Crippen LogP contribution in [0.1, 0.15) is 41.1 Å². The van der Waals surface area contributed by atoms with Crippen molar-refractivity contribution in [2.45, 2.75) is 19.4 Å². The SMILES string of the molecule is C=CCOc1ccc(C2c3c(oc4ccccc4c3=O)C(=O)N2CCCOC)cc1OCC. The first-order valence-corrected chi connectivity index (χ1v) is 11.0. The molecule has 1 aliphatic heterocycles. The fraction of sp³-hybridized carbons (Fsp3) is 0.308. The third kappa shape index (κ3) is 4.24. The molecule has 3 aromatic rings. The number of carbonyl (C=O) groups excluding carboxylic acids is 1. The standard InChI is InChI=1S/C26H27NO6/c1-4-14-32-20-12-11-17(16-21(20)31-5-2)23-22-24(28)18-9-6-7-10-19(18)33-25(22)26(29)27(23)13-8-15-30-3/h4,6-7,9-12,16,23H,1,5,8,13-15H2,2-3H3. The van der Waals surface area contributed by atoms with Gasteiger partial charge in [-0.2, -0.15) is 0 Å². The van der Waals surface area contributed by atoms with Crippen molar-refractivity contribution in [2.75, 3.05) is 33.5 Å². The van der Waals surface area contributed by atoms with Crippen molar-refractivity contribution < 1.29 is 23.4 Å². The number of carbonyl (C=O) groups is 1. The molecule has 1 atom stereocenters. The van der Waals surface area contributed by atoms with Gasteiger partial charge in [-0.3, -0.25) is 9.59 Å². The molecule has 7 nitrogen and oxygen atoms in total. The Labute approximate surface area is 192 Å². The van der Waals surface area contributed by atoms with Crippen molar-refractivity contribution in [2.24, 2.45) is 0 Å². The molecule has 33 heavy (non-hydrogen) atoms. The van der Waals surface area contributed by atoms with E-state index >= 15 is 0 Å². The summed E-state index contributed by atoms with van der Waals surface area (Å²) >= 11 is 0. The molecule has 7 heteroatoms. The number of nitrogens with zero attached hydrogens (tertiary/aromatic N) is 1. The molecular weight excluding hydrogens is 422 g/mol. The molecule has 0 saturated carbocycles. The highest BCUT2D eigenvalue weighted by atomic mass is 16.5. The van der Waals surface area contributed by atoms with Crippen molar-refractivity contribution in [1.29, 1.82) is 0 Å². The maximum atomic E-state index is 13.5. The Morgan fingerprint density at radius 3 is 2.70 bits per heavy atom. The molecule has 0 aliphatic carbocycles. The van der Waals surface area contributed by atoms with Crippen LogP contribution in [0.2, 0.25) is 0 Å². The number of benzene rings is 2. The predicted octanol–water partition coefficient (Wildman–Crippen LogP) is 4.34. The zero-order chi connectivity index (χ0) is 23.4. The fourth-order valence-corrected chi connectivity index (χ4v) is 4.15. The Morgan fingerprint density at radius 1 is 1.12 bits per heavy atom. The molecule has 1 unspecified atom stereocenters. The lowest BCUT2D eigenvalue weighted by Crippen LogP contribution is -2.31. The van der Waals surface area contributed by atoms with Crippen LogP contribution in [0, 0.1) is 0 Å². The fourth-order valence-electron chi connectivity index (χ4n) is 4.15. The van der Waals surface area contributed by atoms with Crippen LogP contribution in [0.5, 0.6) is 11.5 Å². The van der Waals surface area contributed by atoms with Gasteiger partial charge in [-0.15, -0.1) is 0 Å². The summed E-state index contributed by atoms with van der Waals surface area (Å²) in [5.41, 5.74) is 1.29. The Kier molecular flexibility index (Phi) is 6.79. The highest BCUT2D eigenvalue weighted by Gasteiger charge is 2.42. The third-order valence-electron chi connectivity index (χ3n) is 5.56. The number of methoxy groups -OCH3 is 1. The zero-order valence-corrected chi connectivity index (χ0v) is 18.8. The molecule has 0 bridgehead atoms. The minimum atomic E-state index is -0.599. The summed E-state index contributed by atoms with van der Waals surface area (Å²) in [5.74, 6) is 0.895. The van der Waals surface area contributed by atoms with Gasteiger partial charge in [0.05, 0.1) is 23.6 Å². The summed E-state index contributed by atoms with van der Waals surface area (Å²) in [4.78, 5) is 28.6. The van der Waals surface area contributed by atoms with Crippen molar-refractivity contribution >= 4 is 16.9 Å². The molecule has 1 aliphatic rings. The first-order valence-electron chi connectivity index (χ1n) is 11.0. The molecule has 1 amide bonds. The Morgan fingerprint density at radius 2 is 1.94 bits per heavy atom. The molecule has 172 valence electrons. The van der Waals surface area contributed by atoms with Gasteiger partial charge in [0.25, 0.3) is 5.91 Å². The van der Waals surface area contributed by atoms with E-state index in [-0.39, 0.29) is 17.1 Å². The number of fused-ring (bicyclic) bond motifs is 2. The van der Waals surface area contributed by atoms with Crippen molar-refractivity contribution in [1.82, 2.24) is 4.90 Å². The molecule has 0 radical (unpaired) electrons. The van der Waals surface area contributed by atoms with E-state index in [9.17, 15) is 9.59 Å². The number of rotatable bonds is 10. The summed E-state index contributed by atoms with van der Waals surface area (Å²) < 4.78 is 22.6. The smallest absolute Gasteiger partial charge is 0.290 e. The van der Waals surface area contributed by atoms with Crippen LogP contribution in [0.25, 0.3) is 11.0 Å². The molecule has 0 fully saturated rings. The van der Waals surface area contributed by atoms with Crippen LogP contribution in [0.3, 0.4) is 0 Å². The average Bonchev–Trinajstić information content (AvgIpc) is 3.10. The summed E-state index contributed by atoms with van der Waals surface area (Å²) in [6.07, 6.45) is 2.28. The molecule has 1 aromatic heterocycles. The maximum absolute atomic E-state index is 13.5. The summed E-state index contributed by atoms with van der Waals surface area (Å²) in [7, 11) is 1.62. The van der Waals surface area contributed by atoms with Crippen LogP contribution < -0.4 is 14.9 Å². The quantitative estimate of drug-likeness (QED) is 0.339. The van der Waals surface area contributed by atoms with E-state index < -0.39 is 6.04 Å². The van der Waals surface area contributed by atoms with Crippen molar-refractivity contribution in [3.8, 4) is 11.5 Å². The average molecular weight is 450 g/mol. The minimum Gasteiger partial charge on any atom is -0.490 e. The molecule has 4 rings (SSSR count). The summed E-state index contributed by atoms with van der Waals surface area (Å²) in [6, 6.07) is 11.9. The second-order valence-electron chi connectivity index (χ2n) is 7.66. The second kappa shape index (κ2) is 9.92. The van der Waals surface area contributed by atoms with E-state index in [0.717, 1.165) is 5.56 Å². The van der Waals surface area contributed by atoms with Gasteiger partial charge in [0.2, 0.25) is 5.76 Å². The van der Waals surface area contributed by atoms with Crippen LogP contribution in [0.4, 0.5) is 0 Å². The summed E-state index contributed by atoms with van der Waals surface area (Å²) in [6.45, 7) is 7.25. The normalized spacial score (nSPS) is 15.0. The van der Waals surface area contributed by atoms with Crippen molar-refractivity contribution in [3.63, 3.8) is 0 Å². The lowest BCUT2D eigenvalue weighted by atomic mass is 9.98. The lowest BCUT2D eigenvalue weighted by Gasteiger charge is -2.25. The van der Waals surface area contributed by atoms with Gasteiger partial charge in [-0.1, -0.05) is 30.9 Å². The first kappa shape index (κ1) is 22.6. The minimum absolute atomic E-state index is 0.0889. The Bertz CT molecular complexity index is 1230. The first-order chi connectivity index (χ1) is 16.1. The third-order valence-corrected chi connectivity index (χ3v) is 5.56. The zero-order valence-electron chi connectivity index (χ0n) is 18.8. The van der Waals surface area contributed by atoms with Crippen LogP contribution >= 0.6 is 0 Å². The van der Waals surface area contributed by atoms with Crippen molar-refractivity contribution in [3.05, 3.63) is 82.2 Å². The number of para-hydroxylation sites is 1. The van der Waals surface area contributed by atoms with E-state index in [1.54, 1.807) is 48.4 Å². The maximum Gasteiger partial charge on any atom is 0.290 e. The van der Waals surface area contributed by atoms with Gasteiger partial charge in [-0.05, 0) is 43.2 Å². The topological polar surface area (TPSA) is 78.2 Å². The Balaban J connectivity index is 1.86. The Hall–Kier alpha value is -3.58. The molecule has 0 N–H and O–H groups in total. The molecule has 0 saturated heterocycles. The van der Waals surface area contributed by atoms with Crippen LogP contribution in [-0.2, 0) is 4.74 Å². The summed E-state index contributed by atoms with van der Waals surface area (Å²) in [5, 5.41) is 0.448. The number of ether oxygens (including phenoxy) is 3. The molecule has 0 spiro atoms. The van der Waals surface area contributed by atoms with Gasteiger partial charge in [0.15, 0.2) is 16.9 Å². The van der Waals surface area contributed by atoms with Gasteiger partial charge in [0.1, 0.15) is 12.2 Å². The van der Waals surface area contributed by atoms with Gasteiger partial charge in [0, 0.05) is 20.3 Å². The lowest BCUT2D eigenvalue weighted by molar-refractivity contribution is 0.0707. The molecule has 2 aromatic carbocycles. The van der Waals surface area contributed by atoms with E-state index in [4.69, 9.17) is 18.6 Å². The van der Waals surface area contributed by atoms with E-state index in [2.05, 4.69) is 6.58 Å². The number of hydrogen-bond donors (Lipinski definition) is 0. The predicted molar refractivity (Wildman–Crippen MR) is 125 cm³/mol. The number of amides is 1. The highest BCUT2D eigenvalue weighted by molar-refractivity contribution is 5.99. The second-order valence-corrected chi connectivity index (χ2v) is 7.66. The van der Waals surface area contributed by atoms with E-state index in [1.807, 2.05) is 19.1 Å². The van der Waals surface area contributed by atoms with Crippen LogP contribution in [-0.4, -0.2) is 44.3 Å². The van der Waals surface area contributed by atoms with Crippen LogP contribution in [0.15, 0.2) is 64.3 Å². The van der Waals surface area contributed by atoms with Gasteiger partial charge >= 0.3 is 0 Å². The van der Waals surface area contributed by atoms with Gasteiger partial charge < -0.3 is 23.5 Å². The number of hydrogen-bond acceptors (Lipinski definition) is 6. The van der Waals surface area contributed by atoms with E-state index in [1.165, 1.54) is 0 Å². The largest absolute Gasteiger partial charge is 0.490 e. The highest BCUT2D eigenvalue weighted by Crippen LogP contribution is 2.41.